The minimum absolute atomic E-state index is 0.0203. The van der Waals surface area contributed by atoms with Gasteiger partial charge in [-0.15, -0.1) is 0 Å². The molecule has 0 bridgehead atoms. The summed E-state index contributed by atoms with van der Waals surface area (Å²) in [7, 11) is -3.77. The van der Waals surface area contributed by atoms with Crippen LogP contribution in [0.3, 0.4) is 0 Å². The van der Waals surface area contributed by atoms with E-state index in [1.165, 1.54) is 36.4 Å². The molecular weight excluding hydrogens is 303 g/mol. The van der Waals surface area contributed by atoms with Crippen LogP contribution >= 0.6 is 11.6 Å². The van der Waals surface area contributed by atoms with Crippen LogP contribution in [0, 0.1) is 5.82 Å². The molecule has 0 aromatic heterocycles. The van der Waals surface area contributed by atoms with Crippen LogP contribution in [0.15, 0.2) is 47.4 Å². The van der Waals surface area contributed by atoms with E-state index in [0.29, 0.717) is 5.69 Å². The molecule has 106 valence electrons. The average molecular weight is 315 g/mol. The Labute approximate surface area is 121 Å². The van der Waals surface area contributed by atoms with E-state index < -0.39 is 15.8 Å². The summed E-state index contributed by atoms with van der Waals surface area (Å²) in [4.78, 5) is -0.0203. The van der Waals surface area contributed by atoms with Crippen molar-refractivity contribution >= 4 is 27.3 Å². The Balaban J connectivity index is 2.19. The fraction of sp³-hybridized carbons (Fsp3) is 0.0769. The lowest BCUT2D eigenvalue weighted by molar-refractivity contribution is 0.574. The minimum atomic E-state index is -3.77. The van der Waals surface area contributed by atoms with Gasteiger partial charge in [-0.2, -0.15) is 0 Å². The lowest BCUT2D eigenvalue weighted by Crippen LogP contribution is -2.23. The van der Waals surface area contributed by atoms with E-state index in [1.54, 1.807) is 6.07 Å². The van der Waals surface area contributed by atoms with Gasteiger partial charge in [0.1, 0.15) is 5.82 Å². The van der Waals surface area contributed by atoms with E-state index in [9.17, 15) is 12.8 Å². The van der Waals surface area contributed by atoms with Gasteiger partial charge in [-0.3, -0.25) is 0 Å². The lowest BCUT2D eigenvalue weighted by atomic mass is 10.2. The van der Waals surface area contributed by atoms with Crippen molar-refractivity contribution < 1.29 is 12.8 Å². The molecule has 0 aliphatic rings. The molecule has 2 aromatic carbocycles. The Morgan fingerprint density at radius 2 is 1.90 bits per heavy atom. The summed E-state index contributed by atoms with van der Waals surface area (Å²) in [6.07, 6.45) is 0. The summed E-state index contributed by atoms with van der Waals surface area (Å²) < 4.78 is 39.8. The van der Waals surface area contributed by atoms with Gasteiger partial charge in [0.15, 0.2) is 0 Å². The number of benzene rings is 2. The fourth-order valence-corrected chi connectivity index (χ4v) is 2.85. The van der Waals surface area contributed by atoms with E-state index in [4.69, 9.17) is 17.3 Å². The third kappa shape index (κ3) is 3.27. The second-order valence-corrected chi connectivity index (χ2v) is 6.27. The molecule has 4 nitrogen and oxygen atoms in total. The zero-order valence-electron chi connectivity index (χ0n) is 10.3. The van der Waals surface area contributed by atoms with Crippen LogP contribution in [-0.2, 0) is 16.6 Å². The number of sulfonamides is 1. The molecule has 2 rings (SSSR count). The van der Waals surface area contributed by atoms with Crippen LogP contribution in [0.1, 0.15) is 5.56 Å². The second kappa shape index (κ2) is 5.78. The van der Waals surface area contributed by atoms with E-state index in [0.717, 1.165) is 0 Å². The monoisotopic (exact) mass is 314 g/mol. The van der Waals surface area contributed by atoms with Crippen LogP contribution in [0.5, 0.6) is 0 Å². The van der Waals surface area contributed by atoms with Crippen LogP contribution in [0.2, 0.25) is 5.02 Å². The summed E-state index contributed by atoms with van der Waals surface area (Å²) in [6, 6.07) is 9.93. The maximum Gasteiger partial charge on any atom is 0.240 e. The molecule has 0 saturated heterocycles. The van der Waals surface area contributed by atoms with Gasteiger partial charge in [0, 0.05) is 12.1 Å². The standard InChI is InChI=1S/C13H12ClFN2O2S/c14-11-7-10(5-6-13(11)16)20(18,19)17-8-9-3-1-2-4-12(9)15/h1-7,17H,8,16H2. The van der Waals surface area contributed by atoms with Crippen LogP contribution in [-0.4, -0.2) is 8.42 Å². The molecule has 20 heavy (non-hydrogen) atoms. The maximum absolute atomic E-state index is 13.4. The van der Waals surface area contributed by atoms with Crippen molar-refractivity contribution in [3.63, 3.8) is 0 Å². The summed E-state index contributed by atoms with van der Waals surface area (Å²) in [6.45, 7) is -0.142. The normalized spacial score (nSPS) is 11.5. The fourth-order valence-electron chi connectivity index (χ4n) is 1.57. The molecule has 2 aromatic rings. The van der Waals surface area contributed by atoms with E-state index >= 15 is 0 Å². The van der Waals surface area contributed by atoms with Crippen molar-refractivity contribution in [2.24, 2.45) is 0 Å². The Bertz CT molecular complexity index is 735. The first-order chi connectivity index (χ1) is 9.40. The molecule has 0 spiro atoms. The van der Waals surface area contributed by atoms with Crippen molar-refractivity contribution in [3.05, 3.63) is 58.9 Å². The Morgan fingerprint density at radius 3 is 2.55 bits per heavy atom. The number of rotatable bonds is 4. The number of halogens is 2. The topological polar surface area (TPSA) is 72.2 Å². The average Bonchev–Trinajstić information content (AvgIpc) is 2.41. The molecule has 0 aliphatic heterocycles. The zero-order chi connectivity index (χ0) is 14.8. The predicted molar refractivity (Wildman–Crippen MR) is 76.3 cm³/mol. The van der Waals surface area contributed by atoms with Gasteiger partial charge < -0.3 is 5.73 Å². The van der Waals surface area contributed by atoms with Crippen LogP contribution in [0.25, 0.3) is 0 Å². The summed E-state index contributed by atoms with van der Waals surface area (Å²) in [5, 5.41) is 0.152. The molecule has 3 N–H and O–H groups in total. The number of hydrogen-bond donors (Lipinski definition) is 2. The maximum atomic E-state index is 13.4. The number of anilines is 1. The molecule has 0 amide bonds. The molecule has 0 heterocycles. The summed E-state index contributed by atoms with van der Waals surface area (Å²) in [5.74, 6) is -0.467. The van der Waals surface area contributed by atoms with Crippen molar-refractivity contribution in [1.82, 2.24) is 4.72 Å². The van der Waals surface area contributed by atoms with E-state index in [-0.39, 0.29) is 22.0 Å². The first-order valence-electron chi connectivity index (χ1n) is 5.68. The predicted octanol–water partition coefficient (Wildman–Crippen LogP) is 2.54. The molecule has 0 saturated carbocycles. The Hall–Kier alpha value is -1.63. The number of nitrogens with two attached hydrogens (primary N) is 1. The third-order valence-electron chi connectivity index (χ3n) is 2.69. The molecule has 0 radical (unpaired) electrons. The zero-order valence-corrected chi connectivity index (χ0v) is 11.9. The van der Waals surface area contributed by atoms with Crippen molar-refractivity contribution in [3.8, 4) is 0 Å². The molecule has 7 heteroatoms. The first kappa shape index (κ1) is 14.8. The number of nitrogens with one attached hydrogen (secondary N) is 1. The van der Waals surface area contributed by atoms with Gasteiger partial charge in [-0.1, -0.05) is 29.8 Å². The van der Waals surface area contributed by atoms with E-state index in [1.807, 2.05) is 0 Å². The van der Waals surface area contributed by atoms with Gasteiger partial charge in [-0.05, 0) is 24.3 Å². The Morgan fingerprint density at radius 1 is 1.20 bits per heavy atom. The van der Waals surface area contributed by atoms with Gasteiger partial charge in [-0.25, -0.2) is 17.5 Å². The molecule has 0 unspecified atom stereocenters. The molecular formula is C13H12ClFN2O2S. The number of nitrogen functional groups attached to an aromatic ring is 1. The molecule has 0 atom stereocenters. The summed E-state index contributed by atoms with van der Waals surface area (Å²) >= 11 is 5.79. The van der Waals surface area contributed by atoms with Gasteiger partial charge in [0.05, 0.1) is 15.6 Å². The summed E-state index contributed by atoms with van der Waals surface area (Å²) in [5.41, 5.74) is 6.07. The highest BCUT2D eigenvalue weighted by Gasteiger charge is 2.15. The second-order valence-electron chi connectivity index (χ2n) is 4.10. The van der Waals surface area contributed by atoms with Gasteiger partial charge in [0.25, 0.3) is 0 Å². The minimum Gasteiger partial charge on any atom is -0.398 e. The Kier molecular flexibility index (Phi) is 4.27. The highest BCUT2D eigenvalue weighted by molar-refractivity contribution is 7.89. The SMILES string of the molecule is Nc1ccc(S(=O)(=O)NCc2ccccc2F)cc1Cl. The van der Waals surface area contributed by atoms with E-state index in [2.05, 4.69) is 4.72 Å². The van der Waals surface area contributed by atoms with Crippen LogP contribution < -0.4 is 10.5 Å². The highest BCUT2D eigenvalue weighted by Crippen LogP contribution is 2.22. The largest absolute Gasteiger partial charge is 0.398 e. The van der Waals surface area contributed by atoms with Crippen molar-refractivity contribution in [1.29, 1.82) is 0 Å². The lowest BCUT2D eigenvalue weighted by Gasteiger charge is -2.08. The highest BCUT2D eigenvalue weighted by atomic mass is 35.5. The van der Waals surface area contributed by atoms with Gasteiger partial charge in [0.2, 0.25) is 10.0 Å². The quantitative estimate of drug-likeness (QED) is 0.852. The van der Waals surface area contributed by atoms with Crippen molar-refractivity contribution in [2.75, 3.05) is 5.73 Å². The number of hydrogen-bond acceptors (Lipinski definition) is 3. The molecule has 0 fully saturated rings. The van der Waals surface area contributed by atoms with Crippen LogP contribution in [0.4, 0.5) is 10.1 Å². The third-order valence-corrected chi connectivity index (χ3v) is 4.42. The smallest absolute Gasteiger partial charge is 0.240 e. The first-order valence-corrected chi connectivity index (χ1v) is 7.54. The van der Waals surface area contributed by atoms with Crippen molar-refractivity contribution in [2.45, 2.75) is 11.4 Å². The van der Waals surface area contributed by atoms with Gasteiger partial charge >= 0.3 is 0 Å². The molecule has 0 aliphatic carbocycles.